The Morgan fingerprint density at radius 1 is 0.964 bits per heavy atom. The van der Waals surface area contributed by atoms with Crippen LogP contribution in [-0.4, -0.2) is 32.1 Å². The van der Waals surface area contributed by atoms with Crippen LogP contribution in [0.5, 0.6) is 11.5 Å². The molecule has 3 aromatic rings. The SMILES string of the molecule is COc1cccc(OCCNC(=O)c2ccccc2NC(=O)c2cccs2)c1. The van der Waals surface area contributed by atoms with Gasteiger partial charge in [0, 0.05) is 6.07 Å². The van der Waals surface area contributed by atoms with Crippen molar-refractivity contribution in [3.05, 3.63) is 76.5 Å². The van der Waals surface area contributed by atoms with Crippen molar-refractivity contribution in [3.63, 3.8) is 0 Å². The summed E-state index contributed by atoms with van der Waals surface area (Å²) < 4.78 is 10.8. The first kappa shape index (κ1) is 19.4. The van der Waals surface area contributed by atoms with Crippen LogP contribution in [0.3, 0.4) is 0 Å². The highest BCUT2D eigenvalue weighted by atomic mass is 32.1. The second-order valence-corrected chi connectivity index (χ2v) is 6.71. The maximum atomic E-state index is 12.5. The van der Waals surface area contributed by atoms with Crippen molar-refractivity contribution in [2.45, 2.75) is 0 Å². The fraction of sp³-hybridized carbons (Fsp3) is 0.143. The Bertz CT molecular complexity index is 941. The van der Waals surface area contributed by atoms with Crippen molar-refractivity contribution in [1.29, 1.82) is 0 Å². The van der Waals surface area contributed by atoms with E-state index >= 15 is 0 Å². The minimum atomic E-state index is -0.281. The Morgan fingerprint density at radius 3 is 2.57 bits per heavy atom. The van der Waals surface area contributed by atoms with Crippen LogP contribution in [0.15, 0.2) is 66.0 Å². The Balaban J connectivity index is 1.55. The van der Waals surface area contributed by atoms with Crippen molar-refractivity contribution < 1.29 is 19.1 Å². The van der Waals surface area contributed by atoms with E-state index in [1.165, 1.54) is 11.3 Å². The normalized spacial score (nSPS) is 10.2. The summed E-state index contributed by atoms with van der Waals surface area (Å²) in [5.74, 6) is 0.849. The molecule has 0 radical (unpaired) electrons. The molecule has 144 valence electrons. The minimum Gasteiger partial charge on any atom is -0.497 e. The minimum absolute atomic E-state index is 0.239. The number of amides is 2. The van der Waals surface area contributed by atoms with Gasteiger partial charge < -0.3 is 20.1 Å². The lowest BCUT2D eigenvalue weighted by Gasteiger charge is -2.12. The lowest BCUT2D eigenvalue weighted by Crippen LogP contribution is -2.29. The van der Waals surface area contributed by atoms with Gasteiger partial charge in [-0.25, -0.2) is 0 Å². The van der Waals surface area contributed by atoms with Gasteiger partial charge in [0.05, 0.1) is 29.8 Å². The van der Waals surface area contributed by atoms with Gasteiger partial charge in [-0.2, -0.15) is 0 Å². The maximum absolute atomic E-state index is 12.5. The molecule has 7 heteroatoms. The number of para-hydroxylation sites is 1. The molecule has 3 rings (SSSR count). The van der Waals surface area contributed by atoms with E-state index in [2.05, 4.69) is 10.6 Å². The van der Waals surface area contributed by atoms with Gasteiger partial charge in [0.25, 0.3) is 11.8 Å². The van der Waals surface area contributed by atoms with E-state index in [4.69, 9.17) is 9.47 Å². The molecule has 0 atom stereocenters. The number of benzene rings is 2. The number of rotatable bonds is 8. The van der Waals surface area contributed by atoms with Gasteiger partial charge in [0.1, 0.15) is 18.1 Å². The summed E-state index contributed by atoms with van der Waals surface area (Å²) in [5.41, 5.74) is 0.862. The summed E-state index contributed by atoms with van der Waals surface area (Å²) in [4.78, 5) is 25.4. The fourth-order valence-electron chi connectivity index (χ4n) is 2.50. The van der Waals surface area contributed by atoms with Crippen molar-refractivity contribution in [2.75, 3.05) is 25.6 Å². The van der Waals surface area contributed by atoms with Crippen LogP contribution in [0.1, 0.15) is 20.0 Å². The maximum Gasteiger partial charge on any atom is 0.265 e. The summed E-state index contributed by atoms with van der Waals surface area (Å²) in [7, 11) is 1.59. The second-order valence-electron chi connectivity index (χ2n) is 5.76. The first-order valence-corrected chi connectivity index (χ1v) is 9.54. The second kappa shape index (κ2) is 9.57. The van der Waals surface area contributed by atoms with E-state index in [0.717, 1.165) is 0 Å². The number of hydrogen-bond donors (Lipinski definition) is 2. The van der Waals surface area contributed by atoms with Crippen LogP contribution >= 0.6 is 11.3 Å². The zero-order valence-electron chi connectivity index (χ0n) is 15.3. The van der Waals surface area contributed by atoms with Gasteiger partial charge >= 0.3 is 0 Å². The first-order valence-electron chi connectivity index (χ1n) is 8.66. The number of hydrogen-bond acceptors (Lipinski definition) is 5. The smallest absolute Gasteiger partial charge is 0.265 e. The molecule has 0 saturated heterocycles. The molecule has 1 heterocycles. The summed E-state index contributed by atoms with van der Waals surface area (Å²) in [6.07, 6.45) is 0. The molecular weight excluding hydrogens is 376 g/mol. The van der Waals surface area contributed by atoms with Crippen molar-refractivity contribution in [2.24, 2.45) is 0 Å². The molecule has 6 nitrogen and oxygen atoms in total. The third-order valence-electron chi connectivity index (χ3n) is 3.86. The molecule has 0 spiro atoms. The molecule has 0 aliphatic rings. The van der Waals surface area contributed by atoms with Crippen molar-refractivity contribution >= 4 is 28.8 Å². The predicted molar refractivity (Wildman–Crippen MR) is 110 cm³/mol. The quantitative estimate of drug-likeness (QED) is 0.568. The van der Waals surface area contributed by atoms with E-state index in [1.54, 1.807) is 49.6 Å². The molecular formula is C21H20N2O4S. The largest absolute Gasteiger partial charge is 0.497 e. The summed E-state index contributed by atoms with van der Waals surface area (Å²) >= 11 is 1.34. The fourth-order valence-corrected chi connectivity index (χ4v) is 3.12. The van der Waals surface area contributed by atoms with Gasteiger partial charge in [-0.15, -0.1) is 11.3 Å². The van der Waals surface area contributed by atoms with E-state index in [9.17, 15) is 9.59 Å². The van der Waals surface area contributed by atoms with Crippen molar-refractivity contribution in [3.8, 4) is 11.5 Å². The molecule has 2 aromatic carbocycles. The number of methoxy groups -OCH3 is 1. The van der Waals surface area contributed by atoms with Crippen LogP contribution in [0.25, 0.3) is 0 Å². The van der Waals surface area contributed by atoms with E-state index < -0.39 is 0 Å². The average Bonchev–Trinajstić information content (AvgIpc) is 3.27. The standard InChI is InChI=1S/C21H20N2O4S/c1-26-15-6-4-7-16(14-15)27-12-11-22-20(24)17-8-2-3-9-18(17)23-21(25)19-10-5-13-28-19/h2-10,13-14H,11-12H2,1H3,(H,22,24)(H,23,25). The number of carbonyl (C=O) groups is 2. The lowest BCUT2D eigenvalue weighted by atomic mass is 10.1. The van der Waals surface area contributed by atoms with Crippen LogP contribution in [-0.2, 0) is 0 Å². The van der Waals surface area contributed by atoms with E-state index in [1.807, 2.05) is 23.6 Å². The third kappa shape index (κ3) is 5.11. The Morgan fingerprint density at radius 2 is 1.79 bits per heavy atom. The van der Waals surface area contributed by atoms with Crippen LogP contribution < -0.4 is 20.1 Å². The molecule has 0 fully saturated rings. The Labute approximate surface area is 167 Å². The van der Waals surface area contributed by atoms with Crippen LogP contribution in [0.4, 0.5) is 5.69 Å². The molecule has 0 saturated carbocycles. The Hall–Kier alpha value is -3.32. The zero-order chi connectivity index (χ0) is 19.8. The highest BCUT2D eigenvalue weighted by molar-refractivity contribution is 7.12. The summed E-state index contributed by atoms with van der Waals surface area (Å²) in [6, 6.07) is 17.7. The number of anilines is 1. The highest BCUT2D eigenvalue weighted by Crippen LogP contribution is 2.19. The van der Waals surface area contributed by atoms with Crippen molar-refractivity contribution in [1.82, 2.24) is 5.32 Å². The van der Waals surface area contributed by atoms with E-state index in [0.29, 0.717) is 40.8 Å². The lowest BCUT2D eigenvalue weighted by molar-refractivity contribution is 0.0948. The molecule has 2 N–H and O–H groups in total. The molecule has 0 bridgehead atoms. The van der Waals surface area contributed by atoms with Gasteiger partial charge in [-0.3, -0.25) is 9.59 Å². The Kier molecular flexibility index (Phi) is 6.64. The number of thiophene rings is 1. The molecule has 1 aromatic heterocycles. The number of nitrogens with one attached hydrogen (secondary N) is 2. The topological polar surface area (TPSA) is 76.7 Å². The summed E-state index contributed by atoms with van der Waals surface area (Å²) in [5, 5.41) is 7.42. The predicted octanol–water partition coefficient (Wildman–Crippen LogP) is 3.82. The number of carbonyl (C=O) groups excluding carboxylic acids is 2. The van der Waals surface area contributed by atoms with Gasteiger partial charge in [-0.05, 0) is 35.7 Å². The molecule has 0 aliphatic heterocycles. The number of ether oxygens (including phenoxy) is 2. The average molecular weight is 396 g/mol. The van der Waals surface area contributed by atoms with Gasteiger partial charge in [-0.1, -0.05) is 24.3 Å². The molecule has 2 amide bonds. The highest BCUT2D eigenvalue weighted by Gasteiger charge is 2.14. The van der Waals surface area contributed by atoms with E-state index in [-0.39, 0.29) is 11.8 Å². The third-order valence-corrected chi connectivity index (χ3v) is 4.73. The molecule has 0 unspecified atom stereocenters. The van der Waals surface area contributed by atoms with Gasteiger partial charge in [0.15, 0.2) is 0 Å². The molecule has 0 aliphatic carbocycles. The zero-order valence-corrected chi connectivity index (χ0v) is 16.1. The monoisotopic (exact) mass is 396 g/mol. The van der Waals surface area contributed by atoms with Crippen LogP contribution in [0, 0.1) is 0 Å². The summed E-state index contributed by atoms with van der Waals surface area (Å²) in [6.45, 7) is 0.631. The first-order chi connectivity index (χ1) is 13.7. The van der Waals surface area contributed by atoms with Gasteiger partial charge in [0.2, 0.25) is 0 Å². The van der Waals surface area contributed by atoms with Crippen LogP contribution in [0.2, 0.25) is 0 Å². The molecule has 28 heavy (non-hydrogen) atoms.